The van der Waals surface area contributed by atoms with Gasteiger partial charge >= 0.3 is 0 Å². The van der Waals surface area contributed by atoms with Gasteiger partial charge in [-0.15, -0.1) is 0 Å². The van der Waals surface area contributed by atoms with Crippen molar-refractivity contribution in [3.05, 3.63) is 81.2 Å². The average molecular weight is 332 g/mol. The number of carbonyl (C=O) groups excluding carboxylic acids is 1. The summed E-state index contributed by atoms with van der Waals surface area (Å²) >= 11 is 12.2. The van der Waals surface area contributed by atoms with Gasteiger partial charge in [0.15, 0.2) is 5.76 Å². The number of rotatable bonds is 2. The lowest BCUT2D eigenvalue weighted by Crippen LogP contribution is -2.15. The molecule has 0 saturated carbocycles. The molecule has 110 valence electrons. The number of amides is 1. The molecule has 1 aliphatic rings. The van der Waals surface area contributed by atoms with Gasteiger partial charge in [0, 0.05) is 15.6 Å². The Balaban J connectivity index is 2.09. The van der Waals surface area contributed by atoms with Gasteiger partial charge in [0.2, 0.25) is 0 Å². The predicted octanol–water partition coefficient (Wildman–Crippen LogP) is 4.43. The number of aliphatic hydroxyl groups is 1. The molecule has 2 aromatic rings. The zero-order chi connectivity index (χ0) is 15.7. The highest BCUT2D eigenvalue weighted by Gasteiger charge is 2.28. The number of halogens is 2. The van der Waals surface area contributed by atoms with E-state index in [0.29, 0.717) is 21.2 Å². The van der Waals surface area contributed by atoms with E-state index in [-0.39, 0.29) is 22.9 Å². The van der Waals surface area contributed by atoms with Gasteiger partial charge in [0.1, 0.15) is 0 Å². The maximum atomic E-state index is 12.1. The first-order valence-corrected chi connectivity index (χ1v) is 7.29. The number of benzene rings is 2. The summed E-state index contributed by atoms with van der Waals surface area (Å²) in [6.45, 7) is 0. The van der Waals surface area contributed by atoms with Crippen molar-refractivity contribution in [2.45, 2.75) is 0 Å². The van der Waals surface area contributed by atoms with Crippen molar-refractivity contribution >= 4 is 40.8 Å². The summed E-state index contributed by atoms with van der Waals surface area (Å²) in [5.74, 6) is -0.481. The average Bonchev–Trinajstić information content (AvgIpc) is 2.78. The Kier molecular flexibility index (Phi) is 3.92. The fourth-order valence-electron chi connectivity index (χ4n) is 2.26. The molecule has 0 spiro atoms. The molecule has 1 heterocycles. The lowest BCUT2D eigenvalue weighted by Gasteiger charge is -2.04. The molecule has 22 heavy (non-hydrogen) atoms. The molecule has 1 aliphatic heterocycles. The number of aliphatic hydroxyl groups excluding tert-OH is 1. The first kappa shape index (κ1) is 14.7. The van der Waals surface area contributed by atoms with E-state index < -0.39 is 0 Å². The van der Waals surface area contributed by atoms with Crippen molar-refractivity contribution in [2.24, 2.45) is 0 Å². The molecule has 0 radical (unpaired) electrons. The summed E-state index contributed by atoms with van der Waals surface area (Å²) in [6.07, 6.45) is 1.56. The summed E-state index contributed by atoms with van der Waals surface area (Å²) < 4.78 is 0. The smallest absolute Gasteiger partial charge is 0.260 e. The van der Waals surface area contributed by atoms with E-state index in [9.17, 15) is 9.90 Å². The van der Waals surface area contributed by atoms with E-state index in [1.165, 1.54) is 0 Å². The SMILES string of the molecule is O=C1N/C(=C\c2c(Cl)cccc2Cl)C(O)=C1c1ccccc1. The lowest BCUT2D eigenvalue weighted by molar-refractivity contribution is -0.114. The highest BCUT2D eigenvalue weighted by atomic mass is 35.5. The zero-order valence-electron chi connectivity index (χ0n) is 11.3. The maximum absolute atomic E-state index is 12.1. The van der Waals surface area contributed by atoms with Crippen molar-refractivity contribution in [3.63, 3.8) is 0 Å². The second-order valence-corrected chi connectivity index (χ2v) is 5.55. The molecule has 5 heteroatoms. The Morgan fingerprint density at radius 1 is 0.955 bits per heavy atom. The highest BCUT2D eigenvalue weighted by Crippen LogP contribution is 2.32. The molecule has 0 saturated heterocycles. The minimum Gasteiger partial charge on any atom is -0.505 e. The van der Waals surface area contributed by atoms with Gasteiger partial charge in [-0.1, -0.05) is 59.6 Å². The first-order chi connectivity index (χ1) is 10.6. The maximum Gasteiger partial charge on any atom is 0.260 e. The van der Waals surface area contributed by atoms with E-state index >= 15 is 0 Å². The normalized spacial score (nSPS) is 16.3. The molecule has 3 nitrogen and oxygen atoms in total. The molecule has 0 atom stereocenters. The monoisotopic (exact) mass is 331 g/mol. The Morgan fingerprint density at radius 2 is 1.59 bits per heavy atom. The van der Waals surface area contributed by atoms with Gasteiger partial charge in [-0.05, 0) is 23.8 Å². The summed E-state index contributed by atoms with van der Waals surface area (Å²) in [7, 11) is 0. The second kappa shape index (κ2) is 5.87. The van der Waals surface area contributed by atoms with E-state index in [0.717, 1.165) is 0 Å². The third kappa shape index (κ3) is 2.61. The lowest BCUT2D eigenvalue weighted by atomic mass is 10.1. The van der Waals surface area contributed by atoms with Crippen LogP contribution < -0.4 is 5.32 Å². The van der Waals surface area contributed by atoms with Crippen molar-refractivity contribution in [3.8, 4) is 0 Å². The van der Waals surface area contributed by atoms with Crippen LogP contribution in [0.2, 0.25) is 10.0 Å². The Labute approximate surface area is 137 Å². The number of carbonyl (C=O) groups is 1. The van der Waals surface area contributed by atoms with Gasteiger partial charge < -0.3 is 10.4 Å². The van der Waals surface area contributed by atoms with Crippen LogP contribution in [-0.2, 0) is 4.79 Å². The largest absolute Gasteiger partial charge is 0.505 e. The second-order valence-electron chi connectivity index (χ2n) is 4.74. The third-order valence-electron chi connectivity index (χ3n) is 3.32. The van der Waals surface area contributed by atoms with Crippen LogP contribution in [0, 0.1) is 0 Å². The molecule has 0 bridgehead atoms. The summed E-state index contributed by atoms with van der Waals surface area (Å²) in [5.41, 5.74) is 1.70. The quantitative estimate of drug-likeness (QED) is 0.854. The van der Waals surface area contributed by atoms with Crippen LogP contribution in [0.15, 0.2) is 60.0 Å². The topological polar surface area (TPSA) is 49.3 Å². The van der Waals surface area contributed by atoms with E-state index in [1.54, 1.807) is 48.5 Å². The molecule has 1 amide bonds. The van der Waals surface area contributed by atoms with Crippen LogP contribution in [0.4, 0.5) is 0 Å². The summed E-state index contributed by atoms with van der Waals surface area (Å²) in [5, 5.41) is 13.9. The third-order valence-corrected chi connectivity index (χ3v) is 3.98. The molecular weight excluding hydrogens is 321 g/mol. The van der Waals surface area contributed by atoms with E-state index in [1.807, 2.05) is 6.07 Å². The molecule has 3 rings (SSSR count). The minimum absolute atomic E-state index is 0.118. The van der Waals surface area contributed by atoms with Gasteiger partial charge in [0.25, 0.3) is 5.91 Å². The zero-order valence-corrected chi connectivity index (χ0v) is 12.8. The predicted molar refractivity (Wildman–Crippen MR) is 88.6 cm³/mol. The molecule has 2 N–H and O–H groups in total. The minimum atomic E-state index is -0.363. The van der Waals surface area contributed by atoms with Gasteiger partial charge in [-0.3, -0.25) is 4.79 Å². The standard InChI is InChI=1S/C17H11Cl2NO2/c18-12-7-4-8-13(19)11(12)9-14-16(21)15(17(22)20-14)10-5-2-1-3-6-10/h1-9,21H,(H,20,22)/b14-9-. The van der Waals surface area contributed by atoms with Crippen molar-refractivity contribution in [2.75, 3.05) is 0 Å². The van der Waals surface area contributed by atoms with E-state index in [4.69, 9.17) is 23.2 Å². The van der Waals surface area contributed by atoms with Crippen LogP contribution in [0.3, 0.4) is 0 Å². The molecule has 0 aliphatic carbocycles. The Morgan fingerprint density at radius 3 is 2.23 bits per heavy atom. The van der Waals surface area contributed by atoms with Crippen LogP contribution >= 0.6 is 23.2 Å². The first-order valence-electron chi connectivity index (χ1n) is 6.54. The number of nitrogens with one attached hydrogen (secondary N) is 1. The van der Waals surface area contributed by atoms with E-state index in [2.05, 4.69) is 5.32 Å². The number of hydrogen-bond donors (Lipinski definition) is 2. The molecular formula is C17H11Cl2NO2. The van der Waals surface area contributed by atoms with Crippen molar-refractivity contribution in [1.82, 2.24) is 5.32 Å². The molecule has 0 fully saturated rings. The Bertz CT molecular complexity index is 790. The highest BCUT2D eigenvalue weighted by molar-refractivity contribution is 6.37. The van der Waals surface area contributed by atoms with Crippen LogP contribution in [0.5, 0.6) is 0 Å². The fourth-order valence-corrected chi connectivity index (χ4v) is 2.76. The molecule has 0 unspecified atom stereocenters. The summed E-state index contributed by atoms with van der Waals surface area (Å²) in [6, 6.07) is 14.1. The van der Waals surface area contributed by atoms with Gasteiger partial charge in [-0.25, -0.2) is 0 Å². The summed E-state index contributed by atoms with van der Waals surface area (Å²) in [4.78, 5) is 12.1. The Hall–Kier alpha value is -2.23. The number of hydrogen-bond acceptors (Lipinski definition) is 2. The van der Waals surface area contributed by atoms with Crippen molar-refractivity contribution in [1.29, 1.82) is 0 Å². The van der Waals surface area contributed by atoms with Gasteiger partial charge in [-0.2, -0.15) is 0 Å². The van der Waals surface area contributed by atoms with Crippen LogP contribution in [-0.4, -0.2) is 11.0 Å². The van der Waals surface area contributed by atoms with Crippen molar-refractivity contribution < 1.29 is 9.90 Å². The fraction of sp³-hybridized carbons (Fsp3) is 0. The van der Waals surface area contributed by atoms with Crippen LogP contribution in [0.25, 0.3) is 11.6 Å². The van der Waals surface area contributed by atoms with Crippen LogP contribution in [0.1, 0.15) is 11.1 Å². The van der Waals surface area contributed by atoms with Gasteiger partial charge in [0.05, 0.1) is 11.3 Å². The molecule has 0 aromatic heterocycles. The molecule has 2 aromatic carbocycles.